The number of aliphatic hydroxyl groups is 1. The normalized spacial score (nSPS) is 24.8. The lowest BCUT2D eigenvalue weighted by Crippen LogP contribution is -2.55. The number of rotatable bonds is 6. The number of benzene rings is 1. The number of nitrogens with zero attached hydrogens (tertiary/aromatic N) is 1. The molecule has 5 nitrogen and oxygen atoms in total. The molecule has 0 saturated carbocycles. The van der Waals surface area contributed by atoms with Gasteiger partial charge in [-0.15, -0.1) is 0 Å². The Morgan fingerprint density at radius 3 is 2.67 bits per heavy atom. The van der Waals surface area contributed by atoms with Crippen LogP contribution in [0.4, 0.5) is 0 Å². The lowest BCUT2D eigenvalue weighted by molar-refractivity contribution is -0.164. The molecule has 1 heterocycles. The Kier molecular flexibility index (Phi) is 5.88. The van der Waals surface area contributed by atoms with Crippen molar-refractivity contribution in [3.05, 3.63) is 28.8 Å². The number of carboxylic acids is 1. The van der Waals surface area contributed by atoms with Crippen LogP contribution in [0, 0.1) is 19.3 Å². The molecule has 1 aromatic rings. The molecule has 5 heteroatoms. The van der Waals surface area contributed by atoms with Gasteiger partial charge >= 0.3 is 5.97 Å². The van der Waals surface area contributed by atoms with Crippen molar-refractivity contribution in [2.24, 2.45) is 5.41 Å². The number of likely N-dealkylation sites (tertiary alicyclic amines) is 1. The maximum atomic E-state index is 11.9. The van der Waals surface area contributed by atoms with Gasteiger partial charge in [0.2, 0.25) is 0 Å². The third-order valence-corrected chi connectivity index (χ3v) is 5.45. The third-order valence-electron chi connectivity index (χ3n) is 5.45. The average molecular weight is 335 g/mol. The fourth-order valence-corrected chi connectivity index (χ4v) is 3.79. The quantitative estimate of drug-likeness (QED) is 0.836. The Bertz CT molecular complexity index is 601. The van der Waals surface area contributed by atoms with Crippen molar-refractivity contribution >= 4 is 5.97 Å². The number of aliphatic carboxylic acids is 1. The Labute approximate surface area is 144 Å². The molecule has 0 spiro atoms. The zero-order valence-corrected chi connectivity index (χ0v) is 15.1. The SMILES string of the molecule is CCC[C@@]1(C(=O)O)CN(Cc2ccc(OC)c(C)c2C)CC[C@H]1O. The lowest BCUT2D eigenvalue weighted by atomic mass is 9.74. The van der Waals surface area contributed by atoms with E-state index in [9.17, 15) is 15.0 Å². The number of carbonyl (C=O) groups is 1. The van der Waals surface area contributed by atoms with Crippen molar-refractivity contribution in [3.8, 4) is 5.75 Å². The molecule has 24 heavy (non-hydrogen) atoms. The van der Waals surface area contributed by atoms with Crippen molar-refractivity contribution in [2.45, 2.75) is 52.7 Å². The van der Waals surface area contributed by atoms with Gasteiger partial charge in [-0.2, -0.15) is 0 Å². The van der Waals surface area contributed by atoms with E-state index >= 15 is 0 Å². The van der Waals surface area contributed by atoms with E-state index < -0.39 is 17.5 Å². The van der Waals surface area contributed by atoms with Crippen LogP contribution < -0.4 is 4.74 Å². The van der Waals surface area contributed by atoms with Gasteiger partial charge in [-0.1, -0.05) is 19.4 Å². The molecule has 2 atom stereocenters. The summed E-state index contributed by atoms with van der Waals surface area (Å²) < 4.78 is 5.36. The standard InChI is InChI=1S/C19H29NO4/c1-5-9-19(18(22)23)12-20(10-8-17(19)21)11-15-6-7-16(24-4)14(3)13(15)2/h6-7,17,21H,5,8-12H2,1-4H3,(H,22,23)/t17-,19-/m1/s1. The molecule has 0 unspecified atom stereocenters. The molecule has 0 bridgehead atoms. The Hall–Kier alpha value is -1.59. The second-order valence-corrected chi connectivity index (χ2v) is 6.90. The summed E-state index contributed by atoms with van der Waals surface area (Å²) in [7, 11) is 1.67. The second-order valence-electron chi connectivity index (χ2n) is 6.90. The molecule has 2 N–H and O–H groups in total. The molecular formula is C19H29NO4. The second kappa shape index (κ2) is 7.53. The van der Waals surface area contributed by atoms with E-state index in [4.69, 9.17) is 4.74 Å². The van der Waals surface area contributed by atoms with Gasteiger partial charge < -0.3 is 14.9 Å². The first kappa shape index (κ1) is 18.7. The van der Waals surface area contributed by atoms with Crippen LogP contribution in [-0.2, 0) is 11.3 Å². The van der Waals surface area contributed by atoms with E-state index in [2.05, 4.69) is 17.9 Å². The fraction of sp³-hybridized carbons (Fsp3) is 0.632. The maximum Gasteiger partial charge on any atom is 0.313 e. The molecule has 1 aliphatic rings. The van der Waals surface area contributed by atoms with Crippen molar-refractivity contribution in [1.29, 1.82) is 0 Å². The summed E-state index contributed by atoms with van der Waals surface area (Å²) in [5, 5.41) is 20.1. The highest BCUT2D eigenvalue weighted by molar-refractivity contribution is 5.76. The number of ether oxygens (including phenoxy) is 1. The number of hydrogen-bond donors (Lipinski definition) is 2. The molecule has 134 valence electrons. The topological polar surface area (TPSA) is 70.0 Å². The van der Waals surface area contributed by atoms with Gasteiger partial charge in [-0.25, -0.2) is 0 Å². The predicted molar refractivity (Wildman–Crippen MR) is 93.3 cm³/mol. The minimum atomic E-state index is -1.05. The summed E-state index contributed by atoms with van der Waals surface area (Å²) in [6.45, 7) is 7.88. The fourth-order valence-electron chi connectivity index (χ4n) is 3.79. The smallest absolute Gasteiger partial charge is 0.313 e. The average Bonchev–Trinajstić information content (AvgIpc) is 2.55. The van der Waals surface area contributed by atoms with Crippen LogP contribution in [0.25, 0.3) is 0 Å². The van der Waals surface area contributed by atoms with E-state index in [1.807, 2.05) is 19.9 Å². The first-order valence-electron chi connectivity index (χ1n) is 8.62. The van der Waals surface area contributed by atoms with Crippen LogP contribution in [0.5, 0.6) is 5.75 Å². The van der Waals surface area contributed by atoms with Gasteiger partial charge in [0.15, 0.2) is 0 Å². The summed E-state index contributed by atoms with van der Waals surface area (Å²) in [4.78, 5) is 14.0. The molecule has 1 fully saturated rings. The Balaban J connectivity index is 2.22. The van der Waals surface area contributed by atoms with Crippen LogP contribution in [0.3, 0.4) is 0 Å². The van der Waals surface area contributed by atoms with E-state index in [0.29, 0.717) is 32.5 Å². The zero-order valence-electron chi connectivity index (χ0n) is 15.1. The van der Waals surface area contributed by atoms with Crippen LogP contribution in [0.15, 0.2) is 12.1 Å². The van der Waals surface area contributed by atoms with Crippen molar-refractivity contribution in [1.82, 2.24) is 4.90 Å². The van der Waals surface area contributed by atoms with Crippen LogP contribution in [-0.4, -0.2) is 47.4 Å². The van der Waals surface area contributed by atoms with Crippen LogP contribution in [0.2, 0.25) is 0 Å². The van der Waals surface area contributed by atoms with Gasteiger partial charge in [0.25, 0.3) is 0 Å². The number of piperidine rings is 1. The summed E-state index contributed by atoms with van der Waals surface area (Å²) in [5.41, 5.74) is 2.42. The number of methoxy groups -OCH3 is 1. The van der Waals surface area contributed by atoms with Gasteiger partial charge in [0, 0.05) is 19.6 Å². The van der Waals surface area contributed by atoms with Gasteiger partial charge in [0.05, 0.1) is 13.2 Å². The first-order valence-corrected chi connectivity index (χ1v) is 8.62. The minimum Gasteiger partial charge on any atom is -0.496 e. The summed E-state index contributed by atoms with van der Waals surface area (Å²) >= 11 is 0. The molecule has 2 rings (SSSR count). The lowest BCUT2D eigenvalue weighted by Gasteiger charge is -2.43. The monoisotopic (exact) mass is 335 g/mol. The number of hydrogen-bond acceptors (Lipinski definition) is 4. The molecular weight excluding hydrogens is 306 g/mol. The summed E-state index contributed by atoms with van der Waals surface area (Å²) in [5.74, 6) is -0.0136. The maximum absolute atomic E-state index is 11.9. The van der Waals surface area contributed by atoms with E-state index in [1.54, 1.807) is 7.11 Å². The van der Waals surface area contributed by atoms with Gasteiger partial charge in [0.1, 0.15) is 11.2 Å². The highest BCUT2D eigenvalue weighted by Gasteiger charge is 2.48. The van der Waals surface area contributed by atoms with Gasteiger partial charge in [-0.3, -0.25) is 9.69 Å². The first-order chi connectivity index (χ1) is 11.4. The Morgan fingerprint density at radius 1 is 1.38 bits per heavy atom. The van der Waals surface area contributed by atoms with E-state index in [0.717, 1.165) is 17.7 Å². The molecule has 1 aliphatic heterocycles. The van der Waals surface area contributed by atoms with E-state index in [1.165, 1.54) is 11.1 Å². The molecule has 0 amide bonds. The summed E-state index contributed by atoms with van der Waals surface area (Å²) in [6, 6.07) is 4.02. The number of carboxylic acid groups (broad SMARTS) is 1. The summed E-state index contributed by atoms with van der Waals surface area (Å²) in [6.07, 6.45) is 0.976. The van der Waals surface area contributed by atoms with Crippen molar-refractivity contribution in [3.63, 3.8) is 0 Å². The van der Waals surface area contributed by atoms with Crippen LogP contribution >= 0.6 is 0 Å². The largest absolute Gasteiger partial charge is 0.496 e. The zero-order chi connectivity index (χ0) is 17.9. The molecule has 0 aliphatic carbocycles. The minimum absolute atomic E-state index is 0.391. The Morgan fingerprint density at radius 2 is 2.08 bits per heavy atom. The van der Waals surface area contributed by atoms with Crippen molar-refractivity contribution < 1.29 is 19.7 Å². The molecule has 1 saturated heterocycles. The number of aliphatic hydroxyl groups excluding tert-OH is 1. The van der Waals surface area contributed by atoms with E-state index in [-0.39, 0.29) is 0 Å². The highest BCUT2D eigenvalue weighted by atomic mass is 16.5. The van der Waals surface area contributed by atoms with Crippen LogP contribution in [0.1, 0.15) is 42.9 Å². The van der Waals surface area contributed by atoms with Crippen molar-refractivity contribution in [2.75, 3.05) is 20.2 Å². The predicted octanol–water partition coefficient (Wildman–Crippen LogP) is 2.75. The highest BCUT2D eigenvalue weighted by Crippen LogP contribution is 2.36. The molecule has 0 aromatic heterocycles. The third kappa shape index (κ3) is 3.42. The molecule has 1 aromatic carbocycles. The van der Waals surface area contributed by atoms with Gasteiger partial charge in [-0.05, 0) is 49.4 Å². The molecule has 0 radical (unpaired) electrons.